The third kappa shape index (κ3) is 3.85. The Morgan fingerprint density at radius 2 is 1.80 bits per heavy atom. The molecule has 0 bridgehead atoms. The maximum absolute atomic E-state index is 12.8. The minimum Gasteiger partial charge on any atom is -0.493 e. The van der Waals surface area contributed by atoms with E-state index in [4.69, 9.17) is 9.47 Å². The zero-order chi connectivity index (χ0) is 18.4. The molecule has 0 aliphatic heterocycles. The predicted molar refractivity (Wildman–Crippen MR) is 96.5 cm³/mol. The first-order valence-corrected chi connectivity index (χ1v) is 8.31. The number of fused-ring (bicyclic) bond motifs is 1. The zero-order valence-electron chi connectivity index (χ0n) is 15.1. The van der Waals surface area contributed by atoms with E-state index in [0.717, 1.165) is 24.0 Å². The summed E-state index contributed by atoms with van der Waals surface area (Å²) in [5, 5.41) is 2.79. The molecule has 0 saturated carbocycles. The second kappa shape index (κ2) is 8.39. The highest BCUT2D eigenvalue weighted by Crippen LogP contribution is 2.40. The molecule has 1 N–H and O–H groups in total. The van der Waals surface area contributed by atoms with E-state index in [-0.39, 0.29) is 11.7 Å². The number of nitrogens with one attached hydrogen (secondary N) is 1. The van der Waals surface area contributed by atoms with Gasteiger partial charge in [-0.25, -0.2) is 0 Å². The molecule has 0 radical (unpaired) electrons. The van der Waals surface area contributed by atoms with Crippen LogP contribution in [0.5, 0.6) is 11.5 Å². The number of hydrogen-bond donors (Lipinski definition) is 1. The summed E-state index contributed by atoms with van der Waals surface area (Å²) in [7, 11) is 3.07. The minimum absolute atomic E-state index is 0.154. The number of methoxy groups -OCH3 is 2. The molecule has 0 fully saturated rings. The van der Waals surface area contributed by atoms with E-state index in [0.29, 0.717) is 35.6 Å². The van der Waals surface area contributed by atoms with Crippen LogP contribution in [-0.2, 0) is 4.79 Å². The molecular formula is C20H23NO4. The molecular weight excluding hydrogens is 318 g/mol. The SMILES string of the molecule is CC#CCC1=C(NC(=O)CCCC)C(=O)c2cc(OC)c(OC)cc21. The first kappa shape index (κ1) is 18.6. The molecule has 1 aliphatic carbocycles. The highest BCUT2D eigenvalue weighted by atomic mass is 16.5. The van der Waals surface area contributed by atoms with Gasteiger partial charge in [-0.1, -0.05) is 19.3 Å². The van der Waals surface area contributed by atoms with Crippen molar-refractivity contribution in [1.82, 2.24) is 5.32 Å². The fourth-order valence-electron chi connectivity index (χ4n) is 2.75. The first-order valence-electron chi connectivity index (χ1n) is 8.31. The largest absolute Gasteiger partial charge is 0.493 e. The molecule has 2 rings (SSSR count). The van der Waals surface area contributed by atoms with Crippen LogP contribution in [0.3, 0.4) is 0 Å². The van der Waals surface area contributed by atoms with E-state index >= 15 is 0 Å². The van der Waals surface area contributed by atoms with Gasteiger partial charge in [-0.2, -0.15) is 0 Å². The molecule has 0 aromatic heterocycles. The van der Waals surface area contributed by atoms with E-state index in [1.807, 2.05) is 6.92 Å². The van der Waals surface area contributed by atoms with Gasteiger partial charge in [-0.15, -0.1) is 5.92 Å². The van der Waals surface area contributed by atoms with Gasteiger partial charge >= 0.3 is 0 Å². The van der Waals surface area contributed by atoms with Gasteiger partial charge in [0.05, 0.1) is 19.9 Å². The van der Waals surface area contributed by atoms with E-state index < -0.39 is 0 Å². The fourth-order valence-corrected chi connectivity index (χ4v) is 2.75. The van der Waals surface area contributed by atoms with Crippen LogP contribution in [0, 0.1) is 11.8 Å². The number of Topliss-reactive ketones (excluding diaryl/α,β-unsaturated/α-hetero) is 1. The summed E-state index contributed by atoms with van der Waals surface area (Å²) < 4.78 is 10.6. The third-order valence-electron chi connectivity index (χ3n) is 4.09. The van der Waals surface area contributed by atoms with E-state index in [1.165, 1.54) is 7.11 Å². The van der Waals surface area contributed by atoms with Crippen LogP contribution >= 0.6 is 0 Å². The van der Waals surface area contributed by atoms with Gasteiger partial charge in [0, 0.05) is 18.4 Å². The lowest BCUT2D eigenvalue weighted by Crippen LogP contribution is -2.26. The number of benzene rings is 1. The van der Waals surface area contributed by atoms with Gasteiger partial charge < -0.3 is 14.8 Å². The zero-order valence-corrected chi connectivity index (χ0v) is 15.1. The van der Waals surface area contributed by atoms with Crippen molar-refractivity contribution in [2.24, 2.45) is 0 Å². The molecule has 5 nitrogen and oxygen atoms in total. The Morgan fingerprint density at radius 3 is 2.36 bits per heavy atom. The van der Waals surface area contributed by atoms with Crippen molar-refractivity contribution in [2.45, 2.75) is 39.5 Å². The van der Waals surface area contributed by atoms with E-state index in [2.05, 4.69) is 17.2 Å². The smallest absolute Gasteiger partial charge is 0.224 e. The number of amides is 1. The Bertz CT molecular complexity index is 781. The number of carbonyl (C=O) groups is 2. The Hall–Kier alpha value is -2.74. The van der Waals surface area contributed by atoms with Crippen molar-refractivity contribution >= 4 is 17.3 Å². The van der Waals surface area contributed by atoms with Crippen molar-refractivity contribution < 1.29 is 19.1 Å². The molecule has 132 valence electrons. The van der Waals surface area contributed by atoms with Crippen molar-refractivity contribution in [2.75, 3.05) is 14.2 Å². The van der Waals surface area contributed by atoms with Gasteiger partial charge in [0.15, 0.2) is 11.5 Å². The second-order valence-electron chi connectivity index (χ2n) is 5.69. The summed E-state index contributed by atoms with van der Waals surface area (Å²) >= 11 is 0. The van der Waals surface area contributed by atoms with Crippen molar-refractivity contribution in [3.8, 4) is 23.3 Å². The molecule has 1 aliphatic rings. The van der Waals surface area contributed by atoms with Crippen molar-refractivity contribution in [3.05, 3.63) is 29.0 Å². The van der Waals surface area contributed by atoms with Crippen LogP contribution in [0.1, 0.15) is 55.5 Å². The second-order valence-corrected chi connectivity index (χ2v) is 5.69. The number of rotatable bonds is 7. The number of hydrogen-bond acceptors (Lipinski definition) is 4. The Labute approximate surface area is 148 Å². The predicted octanol–water partition coefficient (Wildman–Crippen LogP) is 3.33. The topological polar surface area (TPSA) is 64.6 Å². The fraction of sp³-hybridized carbons (Fsp3) is 0.400. The van der Waals surface area contributed by atoms with Crippen LogP contribution in [0.4, 0.5) is 0 Å². The number of unbranched alkanes of at least 4 members (excludes halogenated alkanes) is 1. The molecule has 0 saturated heterocycles. The van der Waals surface area contributed by atoms with Crippen LogP contribution < -0.4 is 14.8 Å². The molecule has 1 aromatic rings. The van der Waals surface area contributed by atoms with Gasteiger partial charge in [0.2, 0.25) is 11.7 Å². The summed E-state index contributed by atoms with van der Waals surface area (Å²) in [6.07, 6.45) is 2.48. The third-order valence-corrected chi connectivity index (χ3v) is 4.09. The lowest BCUT2D eigenvalue weighted by molar-refractivity contribution is -0.120. The van der Waals surface area contributed by atoms with Gasteiger partial charge in [0.1, 0.15) is 0 Å². The molecule has 25 heavy (non-hydrogen) atoms. The standard InChI is InChI=1S/C20H23NO4/c1-5-7-9-13-14-11-16(24-3)17(25-4)12-15(14)20(23)19(13)21-18(22)10-8-6-2/h11-12H,6,8-10H2,1-4H3,(H,21,22,23). The minimum atomic E-state index is -0.214. The highest BCUT2D eigenvalue weighted by Gasteiger charge is 2.32. The molecule has 0 atom stereocenters. The first-order chi connectivity index (χ1) is 12.1. The van der Waals surface area contributed by atoms with Crippen LogP contribution in [-0.4, -0.2) is 25.9 Å². The Morgan fingerprint density at radius 1 is 1.16 bits per heavy atom. The Kier molecular flexibility index (Phi) is 6.24. The normalized spacial score (nSPS) is 12.4. The maximum atomic E-state index is 12.8. The number of allylic oxidation sites excluding steroid dienone is 2. The monoisotopic (exact) mass is 341 g/mol. The lowest BCUT2D eigenvalue weighted by Gasteiger charge is -2.10. The van der Waals surface area contributed by atoms with E-state index in [1.54, 1.807) is 26.2 Å². The number of carbonyl (C=O) groups excluding carboxylic acids is 2. The van der Waals surface area contributed by atoms with Crippen LogP contribution in [0.15, 0.2) is 17.8 Å². The van der Waals surface area contributed by atoms with Crippen molar-refractivity contribution in [1.29, 1.82) is 0 Å². The summed E-state index contributed by atoms with van der Waals surface area (Å²) in [5.74, 6) is 6.47. The number of ether oxygens (including phenoxy) is 2. The highest BCUT2D eigenvalue weighted by molar-refractivity contribution is 6.22. The average molecular weight is 341 g/mol. The van der Waals surface area contributed by atoms with Crippen molar-refractivity contribution in [3.63, 3.8) is 0 Å². The van der Waals surface area contributed by atoms with Gasteiger partial charge in [-0.05, 0) is 36.6 Å². The maximum Gasteiger partial charge on any atom is 0.224 e. The van der Waals surface area contributed by atoms with Crippen LogP contribution in [0.2, 0.25) is 0 Å². The summed E-state index contributed by atoms with van der Waals surface area (Å²) in [6.45, 7) is 3.76. The van der Waals surface area contributed by atoms with Gasteiger partial charge in [0.25, 0.3) is 0 Å². The van der Waals surface area contributed by atoms with E-state index in [9.17, 15) is 9.59 Å². The summed E-state index contributed by atoms with van der Waals surface area (Å²) in [4.78, 5) is 25.0. The molecule has 5 heteroatoms. The summed E-state index contributed by atoms with van der Waals surface area (Å²) in [6, 6.07) is 3.42. The van der Waals surface area contributed by atoms with Gasteiger partial charge in [-0.3, -0.25) is 9.59 Å². The molecule has 0 spiro atoms. The quantitative estimate of drug-likeness (QED) is 0.773. The molecule has 0 heterocycles. The molecule has 1 amide bonds. The Balaban J connectivity index is 2.47. The van der Waals surface area contributed by atoms with Crippen LogP contribution in [0.25, 0.3) is 5.57 Å². The summed E-state index contributed by atoms with van der Waals surface area (Å²) in [5.41, 5.74) is 2.27. The lowest BCUT2D eigenvalue weighted by atomic mass is 10.0. The average Bonchev–Trinajstić information content (AvgIpc) is 2.88. The number of ketones is 1. The molecule has 1 aromatic carbocycles. The molecule has 0 unspecified atom stereocenters.